The fourth-order valence-corrected chi connectivity index (χ4v) is 2.62. The second-order valence-electron chi connectivity index (χ2n) is 4.38. The summed E-state index contributed by atoms with van der Waals surface area (Å²) in [4.78, 5) is 11.9. The molecule has 0 spiro atoms. The first kappa shape index (κ1) is 15.1. The minimum absolute atomic E-state index is 0.0506. The molecule has 0 unspecified atom stereocenters. The van der Waals surface area contributed by atoms with Crippen LogP contribution in [0.4, 0.5) is 14.5 Å². The Kier molecular flexibility index (Phi) is 4.04. The third-order valence-corrected chi connectivity index (χ3v) is 3.81. The number of amides is 1. The molecule has 1 N–H and O–H groups in total. The molecule has 110 valence electrons. The van der Waals surface area contributed by atoms with Crippen molar-refractivity contribution in [3.05, 3.63) is 59.7 Å². The lowest BCUT2D eigenvalue weighted by molar-refractivity contribution is 0.102. The number of hydrogen-bond donors (Lipinski definition) is 1. The average Bonchev–Trinajstić information content (AvgIpc) is 2.37. The summed E-state index contributed by atoms with van der Waals surface area (Å²) >= 11 is 0. The summed E-state index contributed by atoms with van der Waals surface area (Å²) in [5, 5.41) is 2.34. The number of anilines is 1. The fraction of sp³-hybridized carbons (Fsp3) is 0.0714. The van der Waals surface area contributed by atoms with Crippen molar-refractivity contribution in [3.63, 3.8) is 0 Å². The molecule has 2 rings (SSSR count). The summed E-state index contributed by atoms with van der Waals surface area (Å²) in [6.07, 6.45) is 1.000. The molecule has 4 nitrogen and oxygen atoms in total. The number of carbonyl (C=O) groups is 1. The number of rotatable bonds is 3. The van der Waals surface area contributed by atoms with Gasteiger partial charge in [-0.25, -0.2) is 17.2 Å². The largest absolute Gasteiger partial charge is 0.321 e. The predicted molar refractivity (Wildman–Crippen MR) is 73.9 cm³/mol. The van der Waals surface area contributed by atoms with Crippen molar-refractivity contribution in [3.8, 4) is 0 Å². The van der Waals surface area contributed by atoms with Gasteiger partial charge in [-0.3, -0.25) is 4.79 Å². The lowest BCUT2D eigenvalue weighted by atomic mass is 10.2. The van der Waals surface area contributed by atoms with E-state index in [1.54, 1.807) is 0 Å². The van der Waals surface area contributed by atoms with Gasteiger partial charge >= 0.3 is 0 Å². The van der Waals surface area contributed by atoms with Crippen LogP contribution in [0.1, 0.15) is 10.4 Å². The number of carbonyl (C=O) groups excluding carboxylic acids is 1. The first-order valence-corrected chi connectivity index (χ1v) is 7.73. The zero-order valence-corrected chi connectivity index (χ0v) is 11.7. The highest BCUT2D eigenvalue weighted by Crippen LogP contribution is 2.21. The molecule has 0 aliphatic rings. The Labute approximate surface area is 120 Å². The van der Waals surface area contributed by atoms with Crippen LogP contribution in [-0.2, 0) is 9.84 Å². The molecule has 0 saturated heterocycles. The Bertz CT molecular complexity index is 783. The second-order valence-corrected chi connectivity index (χ2v) is 6.36. The Hall–Kier alpha value is -2.28. The predicted octanol–water partition coefficient (Wildman–Crippen LogP) is 2.62. The monoisotopic (exact) mass is 311 g/mol. The topological polar surface area (TPSA) is 63.2 Å². The van der Waals surface area contributed by atoms with Crippen LogP contribution in [-0.4, -0.2) is 20.6 Å². The zero-order chi connectivity index (χ0) is 15.6. The van der Waals surface area contributed by atoms with E-state index in [0.717, 1.165) is 18.4 Å². The summed E-state index contributed by atoms with van der Waals surface area (Å²) in [5.41, 5.74) is -0.189. The van der Waals surface area contributed by atoms with Crippen LogP contribution in [0.5, 0.6) is 0 Å². The summed E-state index contributed by atoms with van der Waals surface area (Å²) < 4.78 is 49.4. The van der Waals surface area contributed by atoms with E-state index < -0.39 is 27.4 Å². The number of sulfone groups is 1. The molecule has 21 heavy (non-hydrogen) atoms. The first-order chi connectivity index (χ1) is 9.77. The van der Waals surface area contributed by atoms with Crippen LogP contribution in [0.3, 0.4) is 0 Å². The lowest BCUT2D eigenvalue weighted by Gasteiger charge is -2.09. The van der Waals surface area contributed by atoms with Crippen molar-refractivity contribution >= 4 is 21.4 Å². The van der Waals surface area contributed by atoms with Gasteiger partial charge in [-0.05, 0) is 24.3 Å². The molecule has 7 heteroatoms. The van der Waals surface area contributed by atoms with Crippen molar-refractivity contribution < 1.29 is 22.0 Å². The summed E-state index contributed by atoms with van der Waals surface area (Å²) in [6.45, 7) is 0. The lowest BCUT2D eigenvalue weighted by Crippen LogP contribution is -2.15. The Morgan fingerprint density at radius 2 is 1.62 bits per heavy atom. The highest BCUT2D eigenvalue weighted by molar-refractivity contribution is 7.90. The Balaban J connectivity index is 2.37. The summed E-state index contributed by atoms with van der Waals surface area (Å²) in [7, 11) is -3.54. The van der Waals surface area contributed by atoms with Gasteiger partial charge in [0.15, 0.2) is 9.84 Å². The molecule has 0 saturated carbocycles. The summed E-state index contributed by atoms with van der Waals surface area (Å²) in [5.74, 6) is -2.59. The number of para-hydroxylation sites is 1. The molecule has 1 amide bonds. The maximum absolute atomic E-state index is 13.1. The van der Waals surface area contributed by atoms with Gasteiger partial charge in [0.25, 0.3) is 5.91 Å². The molecular formula is C14H11F2NO3S. The SMILES string of the molecule is CS(=O)(=O)c1ccccc1NC(=O)c1cc(F)cc(F)c1. The van der Waals surface area contributed by atoms with Gasteiger partial charge < -0.3 is 5.32 Å². The third-order valence-electron chi connectivity index (χ3n) is 2.66. The molecule has 0 aliphatic carbocycles. The van der Waals surface area contributed by atoms with Crippen LogP contribution < -0.4 is 5.32 Å². The van der Waals surface area contributed by atoms with Crippen molar-refractivity contribution in [1.29, 1.82) is 0 Å². The van der Waals surface area contributed by atoms with E-state index in [2.05, 4.69) is 5.32 Å². The highest BCUT2D eigenvalue weighted by atomic mass is 32.2. The highest BCUT2D eigenvalue weighted by Gasteiger charge is 2.16. The fourth-order valence-electron chi connectivity index (χ4n) is 1.77. The number of halogens is 2. The van der Waals surface area contributed by atoms with E-state index in [-0.39, 0.29) is 16.1 Å². The van der Waals surface area contributed by atoms with Crippen molar-refractivity contribution in [1.82, 2.24) is 0 Å². The average molecular weight is 311 g/mol. The van der Waals surface area contributed by atoms with Crippen LogP contribution in [0, 0.1) is 11.6 Å². The Morgan fingerprint density at radius 3 is 2.19 bits per heavy atom. The van der Waals surface area contributed by atoms with Gasteiger partial charge in [0, 0.05) is 17.9 Å². The smallest absolute Gasteiger partial charge is 0.255 e. The molecule has 0 radical (unpaired) electrons. The molecule has 2 aromatic rings. The maximum Gasteiger partial charge on any atom is 0.255 e. The second kappa shape index (κ2) is 5.61. The molecule has 0 bridgehead atoms. The molecule has 2 aromatic carbocycles. The van der Waals surface area contributed by atoms with Crippen molar-refractivity contribution in [2.75, 3.05) is 11.6 Å². The molecule has 0 atom stereocenters. The number of hydrogen-bond acceptors (Lipinski definition) is 3. The molecule has 0 aliphatic heterocycles. The van der Waals surface area contributed by atoms with E-state index >= 15 is 0 Å². The van der Waals surface area contributed by atoms with Gasteiger partial charge in [-0.2, -0.15) is 0 Å². The quantitative estimate of drug-likeness (QED) is 0.948. The molecular weight excluding hydrogens is 300 g/mol. The van der Waals surface area contributed by atoms with Gasteiger partial charge in [-0.1, -0.05) is 12.1 Å². The van der Waals surface area contributed by atoms with Crippen LogP contribution >= 0.6 is 0 Å². The first-order valence-electron chi connectivity index (χ1n) is 5.84. The zero-order valence-electron chi connectivity index (χ0n) is 10.9. The Morgan fingerprint density at radius 1 is 1.05 bits per heavy atom. The van der Waals surface area contributed by atoms with E-state index in [0.29, 0.717) is 6.07 Å². The maximum atomic E-state index is 13.1. The van der Waals surface area contributed by atoms with Crippen molar-refractivity contribution in [2.24, 2.45) is 0 Å². The number of nitrogens with one attached hydrogen (secondary N) is 1. The van der Waals surface area contributed by atoms with Crippen molar-refractivity contribution in [2.45, 2.75) is 4.90 Å². The van der Waals surface area contributed by atoms with Gasteiger partial charge in [0.05, 0.1) is 10.6 Å². The van der Waals surface area contributed by atoms with E-state index in [1.165, 1.54) is 24.3 Å². The summed E-state index contributed by atoms with van der Waals surface area (Å²) in [6, 6.07) is 8.13. The standard InChI is InChI=1S/C14H11F2NO3S/c1-21(19,20)13-5-3-2-4-12(13)17-14(18)9-6-10(15)8-11(16)7-9/h2-8H,1H3,(H,17,18). The van der Waals surface area contributed by atoms with E-state index in [4.69, 9.17) is 0 Å². The third kappa shape index (κ3) is 3.63. The normalized spacial score (nSPS) is 11.2. The van der Waals surface area contributed by atoms with Gasteiger partial charge in [-0.15, -0.1) is 0 Å². The molecule has 0 aromatic heterocycles. The number of benzene rings is 2. The van der Waals surface area contributed by atoms with E-state index in [9.17, 15) is 22.0 Å². The van der Waals surface area contributed by atoms with E-state index in [1.807, 2.05) is 0 Å². The molecule has 0 heterocycles. The minimum atomic E-state index is -3.54. The molecule has 0 fully saturated rings. The van der Waals surface area contributed by atoms with Gasteiger partial charge in [0.1, 0.15) is 11.6 Å². The van der Waals surface area contributed by atoms with Gasteiger partial charge in [0.2, 0.25) is 0 Å². The van der Waals surface area contributed by atoms with Crippen LogP contribution in [0.15, 0.2) is 47.4 Å². The minimum Gasteiger partial charge on any atom is -0.321 e. The van der Waals surface area contributed by atoms with Crippen LogP contribution in [0.2, 0.25) is 0 Å². The van der Waals surface area contributed by atoms with Crippen LogP contribution in [0.25, 0.3) is 0 Å².